The Morgan fingerprint density at radius 3 is 2.40 bits per heavy atom. The summed E-state index contributed by atoms with van der Waals surface area (Å²) < 4.78 is 0. The topological polar surface area (TPSA) is 0 Å². The highest BCUT2D eigenvalue weighted by Gasteiger charge is 2.36. The smallest absolute Gasteiger partial charge is 0.0143 e. The first kappa shape index (κ1) is 7.66. The van der Waals surface area contributed by atoms with Gasteiger partial charge in [0.15, 0.2) is 0 Å². The van der Waals surface area contributed by atoms with Crippen LogP contribution in [0.25, 0.3) is 0 Å². The average molecular weight is 136 g/mol. The molecular formula is C10H16. The van der Waals surface area contributed by atoms with Crippen molar-refractivity contribution < 1.29 is 0 Å². The van der Waals surface area contributed by atoms with Crippen LogP contribution in [0.3, 0.4) is 0 Å². The van der Waals surface area contributed by atoms with Crippen molar-refractivity contribution in [2.24, 2.45) is 11.3 Å². The van der Waals surface area contributed by atoms with Crippen molar-refractivity contribution in [3.63, 3.8) is 0 Å². The fourth-order valence-electron chi connectivity index (χ4n) is 1.33. The van der Waals surface area contributed by atoms with Gasteiger partial charge in [-0.3, -0.25) is 0 Å². The molecule has 56 valence electrons. The second kappa shape index (κ2) is 2.66. The highest BCUT2D eigenvalue weighted by Crippen LogP contribution is 2.46. The van der Waals surface area contributed by atoms with Crippen LogP contribution in [0.2, 0.25) is 0 Å². The normalized spacial score (nSPS) is 17.9. The summed E-state index contributed by atoms with van der Waals surface area (Å²) >= 11 is 0. The van der Waals surface area contributed by atoms with Crippen molar-refractivity contribution in [3.8, 4) is 11.8 Å². The molecule has 1 fully saturated rings. The van der Waals surface area contributed by atoms with Gasteiger partial charge < -0.3 is 0 Å². The van der Waals surface area contributed by atoms with Crippen LogP contribution in [0.15, 0.2) is 0 Å². The Bertz CT molecular complexity index is 162. The fraction of sp³-hybridized carbons (Fsp3) is 0.800. The van der Waals surface area contributed by atoms with Gasteiger partial charge in [0, 0.05) is 6.42 Å². The lowest BCUT2D eigenvalue weighted by atomic mass is 9.84. The first-order chi connectivity index (χ1) is 4.67. The van der Waals surface area contributed by atoms with Gasteiger partial charge in [0.05, 0.1) is 0 Å². The van der Waals surface area contributed by atoms with Crippen LogP contribution >= 0.6 is 0 Å². The molecule has 0 amide bonds. The summed E-state index contributed by atoms with van der Waals surface area (Å²) in [5.41, 5.74) is 0.489. The van der Waals surface area contributed by atoms with Gasteiger partial charge in [-0.2, -0.15) is 0 Å². The molecule has 1 aliphatic carbocycles. The molecule has 1 saturated carbocycles. The Morgan fingerprint density at radius 1 is 1.40 bits per heavy atom. The van der Waals surface area contributed by atoms with Crippen LogP contribution in [0.5, 0.6) is 0 Å². The van der Waals surface area contributed by atoms with E-state index in [1.807, 2.05) is 6.92 Å². The summed E-state index contributed by atoms with van der Waals surface area (Å²) in [6, 6.07) is 0. The molecule has 0 bridgehead atoms. The van der Waals surface area contributed by atoms with Crippen molar-refractivity contribution in [1.82, 2.24) is 0 Å². The molecule has 0 aromatic carbocycles. The molecule has 1 aliphatic rings. The maximum Gasteiger partial charge on any atom is 0.0143 e. The molecule has 0 aromatic rings. The molecule has 0 nitrogen and oxygen atoms in total. The molecule has 0 aliphatic heterocycles. The van der Waals surface area contributed by atoms with E-state index in [1.54, 1.807) is 0 Å². The zero-order valence-electron chi connectivity index (χ0n) is 7.20. The Labute approximate surface area is 64.0 Å². The lowest BCUT2D eigenvalue weighted by molar-refractivity contribution is 0.319. The van der Waals surface area contributed by atoms with Crippen LogP contribution < -0.4 is 0 Å². The third kappa shape index (κ3) is 1.77. The minimum atomic E-state index is 0.489. The lowest BCUT2D eigenvalue weighted by Gasteiger charge is -2.20. The van der Waals surface area contributed by atoms with Crippen molar-refractivity contribution in [2.45, 2.75) is 40.0 Å². The SMILES string of the molecule is CC#CCC(C)(C)C1CC1. The van der Waals surface area contributed by atoms with Crippen LogP contribution in [0.1, 0.15) is 40.0 Å². The molecule has 0 atom stereocenters. The first-order valence-corrected chi connectivity index (χ1v) is 4.06. The number of rotatable bonds is 2. The summed E-state index contributed by atoms with van der Waals surface area (Å²) in [5.74, 6) is 7.08. The van der Waals surface area contributed by atoms with E-state index in [9.17, 15) is 0 Å². The third-order valence-electron chi connectivity index (χ3n) is 2.40. The molecule has 0 spiro atoms. The van der Waals surface area contributed by atoms with Gasteiger partial charge in [-0.1, -0.05) is 13.8 Å². The molecule has 0 radical (unpaired) electrons. The largest absolute Gasteiger partial charge is 0.107 e. The zero-order valence-corrected chi connectivity index (χ0v) is 7.20. The standard InChI is InChI=1S/C10H16/c1-4-5-8-10(2,3)9-6-7-9/h9H,6-8H2,1-3H3. The molecule has 0 saturated heterocycles. The summed E-state index contributed by atoms with van der Waals surface area (Å²) in [5, 5.41) is 0. The maximum atomic E-state index is 3.16. The summed E-state index contributed by atoms with van der Waals surface area (Å²) in [6.07, 6.45) is 3.94. The Hall–Kier alpha value is -0.440. The predicted octanol–water partition coefficient (Wildman–Crippen LogP) is 2.84. The van der Waals surface area contributed by atoms with Gasteiger partial charge in [0.1, 0.15) is 0 Å². The van der Waals surface area contributed by atoms with Gasteiger partial charge in [0.25, 0.3) is 0 Å². The monoisotopic (exact) mass is 136 g/mol. The summed E-state index contributed by atoms with van der Waals surface area (Å²) in [7, 11) is 0. The van der Waals surface area contributed by atoms with Crippen LogP contribution in [-0.4, -0.2) is 0 Å². The summed E-state index contributed by atoms with van der Waals surface area (Å²) in [6.45, 7) is 6.58. The van der Waals surface area contributed by atoms with Crippen molar-refractivity contribution in [1.29, 1.82) is 0 Å². The van der Waals surface area contributed by atoms with E-state index in [0.717, 1.165) is 12.3 Å². The second-order valence-electron chi connectivity index (χ2n) is 3.87. The summed E-state index contributed by atoms with van der Waals surface area (Å²) in [4.78, 5) is 0. The average Bonchev–Trinajstić information content (AvgIpc) is 2.64. The third-order valence-corrected chi connectivity index (χ3v) is 2.40. The Balaban J connectivity index is 2.39. The molecule has 0 heteroatoms. The van der Waals surface area contributed by atoms with Crippen LogP contribution in [-0.2, 0) is 0 Å². The molecule has 0 N–H and O–H groups in total. The maximum absolute atomic E-state index is 3.16. The molecule has 10 heavy (non-hydrogen) atoms. The zero-order chi connectivity index (χ0) is 7.61. The Kier molecular flexibility index (Phi) is 2.04. The molecule has 1 rings (SSSR count). The highest BCUT2D eigenvalue weighted by atomic mass is 14.4. The minimum absolute atomic E-state index is 0.489. The van der Waals surface area contributed by atoms with Gasteiger partial charge in [-0.15, -0.1) is 11.8 Å². The van der Waals surface area contributed by atoms with Crippen LogP contribution in [0, 0.1) is 23.2 Å². The number of hydrogen-bond donors (Lipinski definition) is 0. The fourth-order valence-corrected chi connectivity index (χ4v) is 1.33. The van der Waals surface area contributed by atoms with E-state index in [-0.39, 0.29) is 0 Å². The van der Waals surface area contributed by atoms with E-state index in [1.165, 1.54) is 12.8 Å². The minimum Gasteiger partial charge on any atom is -0.107 e. The molecule has 0 heterocycles. The molecular weight excluding hydrogens is 120 g/mol. The number of hydrogen-bond acceptors (Lipinski definition) is 0. The van der Waals surface area contributed by atoms with E-state index >= 15 is 0 Å². The van der Waals surface area contributed by atoms with E-state index < -0.39 is 0 Å². The van der Waals surface area contributed by atoms with E-state index in [2.05, 4.69) is 25.7 Å². The quantitative estimate of drug-likeness (QED) is 0.512. The van der Waals surface area contributed by atoms with Crippen molar-refractivity contribution >= 4 is 0 Å². The van der Waals surface area contributed by atoms with Crippen molar-refractivity contribution in [3.05, 3.63) is 0 Å². The molecule has 0 unspecified atom stereocenters. The lowest BCUT2D eigenvalue weighted by Crippen LogP contribution is -2.12. The highest BCUT2D eigenvalue weighted by molar-refractivity contribution is 5.02. The van der Waals surface area contributed by atoms with Crippen molar-refractivity contribution in [2.75, 3.05) is 0 Å². The van der Waals surface area contributed by atoms with Crippen LogP contribution in [0.4, 0.5) is 0 Å². The van der Waals surface area contributed by atoms with Gasteiger partial charge in [0.2, 0.25) is 0 Å². The van der Waals surface area contributed by atoms with Gasteiger partial charge in [-0.25, -0.2) is 0 Å². The first-order valence-electron chi connectivity index (χ1n) is 4.06. The van der Waals surface area contributed by atoms with E-state index in [4.69, 9.17) is 0 Å². The second-order valence-corrected chi connectivity index (χ2v) is 3.87. The predicted molar refractivity (Wildman–Crippen MR) is 44.6 cm³/mol. The Morgan fingerprint density at radius 2 is 2.00 bits per heavy atom. The molecule has 0 aromatic heterocycles. The van der Waals surface area contributed by atoms with Gasteiger partial charge in [-0.05, 0) is 31.1 Å². The van der Waals surface area contributed by atoms with E-state index in [0.29, 0.717) is 5.41 Å². The van der Waals surface area contributed by atoms with Gasteiger partial charge >= 0.3 is 0 Å².